The maximum absolute atomic E-state index is 11.9. The monoisotopic (exact) mass is 259 g/mol. The Labute approximate surface area is 114 Å². The van der Waals surface area contributed by atoms with Gasteiger partial charge >= 0.3 is 0 Å². The summed E-state index contributed by atoms with van der Waals surface area (Å²) in [5.41, 5.74) is 1.10. The molecule has 0 saturated carbocycles. The van der Waals surface area contributed by atoms with E-state index in [4.69, 9.17) is 0 Å². The van der Waals surface area contributed by atoms with Crippen LogP contribution in [0.2, 0.25) is 0 Å². The molecular formula is C15H21N3O. The molecule has 1 aromatic heterocycles. The van der Waals surface area contributed by atoms with Crippen LogP contribution in [-0.4, -0.2) is 42.6 Å². The largest absolute Gasteiger partial charge is 0.355 e. The molecule has 1 heterocycles. The summed E-state index contributed by atoms with van der Waals surface area (Å²) in [7, 11) is 4.07. The number of para-hydroxylation sites is 1. The number of rotatable bonds is 6. The standard InChI is InChI=1S/C15H21N3O/c1-17(2)10-5-9-16-15(19)12-18-11-8-13-6-3-4-7-14(13)18/h3-4,6-8,11H,5,9-10,12H2,1-2H3,(H,16,19). The molecule has 0 fully saturated rings. The fraction of sp³-hybridized carbons (Fsp3) is 0.400. The first kappa shape index (κ1) is 13.6. The molecule has 1 amide bonds. The minimum absolute atomic E-state index is 0.0695. The van der Waals surface area contributed by atoms with E-state index in [0.717, 1.165) is 25.0 Å². The number of amides is 1. The minimum atomic E-state index is 0.0695. The summed E-state index contributed by atoms with van der Waals surface area (Å²) in [6.07, 6.45) is 2.94. The predicted octanol–water partition coefficient (Wildman–Crippen LogP) is 1.71. The van der Waals surface area contributed by atoms with E-state index in [1.807, 2.05) is 49.1 Å². The van der Waals surface area contributed by atoms with Crippen LogP contribution >= 0.6 is 0 Å². The maximum atomic E-state index is 11.9. The minimum Gasteiger partial charge on any atom is -0.355 e. The molecule has 0 atom stereocenters. The first-order chi connectivity index (χ1) is 9.16. The highest BCUT2D eigenvalue weighted by atomic mass is 16.1. The average molecular weight is 259 g/mol. The summed E-state index contributed by atoms with van der Waals surface area (Å²) < 4.78 is 1.98. The quantitative estimate of drug-likeness (QED) is 0.802. The number of nitrogens with zero attached hydrogens (tertiary/aromatic N) is 2. The maximum Gasteiger partial charge on any atom is 0.239 e. The van der Waals surface area contributed by atoms with E-state index in [1.165, 1.54) is 5.39 Å². The highest BCUT2D eigenvalue weighted by molar-refractivity contribution is 5.83. The van der Waals surface area contributed by atoms with Gasteiger partial charge in [-0.15, -0.1) is 0 Å². The Hall–Kier alpha value is -1.81. The molecule has 102 valence electrons. The van der Waals surface area contributed by atoms with Crippen molar-refractivity contribution in [2.75, 3.05) is 27.2 Å². The number of nitrogens with one attached hydrogen (secondary N) is 1. The van der Waals surface area contributed by atoms with E-state index in [2.05, 4.69) is 16.3 Å². The molecule has 2 rings (SSSR count). The SMILES string of the molecule is CN(C)CCCNC(=O)Cn1ccc2ccccc21. The summed E-state index contributed by atoms with van der Waals surface area (Å²) in [6, 6.07) is 10.1. The molecule has 1 N–H and O–H groups in total. The number of carbonyl (C=O) groups is 1. The zero-order valence-electron chi connectivity index (χ0n) is 11.6. The van der Waals surface area contributed by atoms with Crippen LogP contribution in [-0.2, 0) is 11.3 Å². The van der Waals surface area contributed by atoms with Gasteiger partial charge in [-0.25, -0.2) is 0 Å². The lowest BCUT2D eigenvalue weighted by molar-refractivity contribution is -0.121. The second-order valence-corrected chi connectivity index (χ2v) is 5.01. The Balaban J connectivity index is 1.85. The van der Waals surface area contributed by atoms with Gasteiger partial charge in [0, 0.05) is 18.3 Å². The smallest absolute Gasteiger partial charge is 0.239 e. The first-order valence-corrected chi connectivity index (χ1v) is 6.62. The number of hydrogen-bond donors (Lipinski definition) is 1. The topological polar surface area (TPSA) is 37.3 Å². The second-order valence-electron chi connectivity index (χ2n) is 5.01. The lowest BCUT2D eigenvalue weighted by Gasteiger charge is -2.10. The van der Waals surface area contributed by atoms with Crippen LogP contribution in [0.25, 0.3) is 10.9 Å². The predicted molar refractivity (Wildman–Crippen MR) is 78.1 cm³/mol. The van der Waals surface area contributed by atoms with Crippen LogP contribution in [0.3, 0.4) is 0 Å². The van der Waals surface area contributed by atoms with Gasteiger partial charge in [0.15, 0.2) is 0 Å². The lowest BCUT2D eigenvalue weighted by Crippen LogP contribution is -2.29. The van der Waals surface area contributed by atoms with Crippen LogP contribution in [0.1, 0.15) is 6.42 Å². The molecule has 0 aliphatic carbocycles. The zero-order valence-corrected chi connectivity index (χ0v) is 11.6. The molecule has 0 aliphatic heterocycles. The summed E-state index contributed by atoms with van der Waals surface area (Å²) >= 11 is 0. The average Bonchev–Trinajstić information content (AvgIpc) is 2.78. The highest BCUT2D eigenvalue weighted by Gasteiger charge is 2.05. The van der Waals surface area contributed by atoms with Crippen molar-refractivity contribution < 1.29 is 4.79 Å². The van der Waals surface area contributed by atoms with Crippen molar-refractivity contribution in [2.45, 2.75) is 13.0 Å². The van der Waals surface area contributed by atoms with Gasteiger partial charge in [-0.05, 0) is 44.6 Å². The summed E-state index contributed by atoms with van der Waals surface area (Å²) in [4.78, 5) is 14.0. The van der Waals surface area contributed by atoms with Crippen LogP contribution in [0.15, 0.2) is 36.5 Å². The van der Waals surface area contributed by atoms with E-state index >= 15 is 0 Å². The second kappa shape index (κ2) is 6.38. The first-order valence-electron chi connectivity index (χ1n) is 6.62. The van der Waals surface area contributed by atoms with Gasteiger partial charge in [0.25, 0.3) is 0 Å². The van der Waals surface area contributed by atoms with Crippen molar-refractivity contribution in [3.8, 4) is 0 Å². The van der Waals surface area contributed by atoms with Crippen LogP contribution in [0.4, 0.5) is 0 Å². The molecule has 4 nitrogen and oxygen atoms in total. The molecule has 1 aromatic carbocycles. The van der Waals surface area contributed by atoms with Crippen molar-refractivity contribution in [1.29, 1.82) is 0 Å². The van der Waals surface area contributed by atoms with Crippen molar-refractivity contribution in [2.24, 2.45) is 0 Å². The lowest BCUT2D eigenvalue weighted by atomic mass is 10.2. The number of benzene rings is 1. The van der Waals surface area contributed by atoms with E-state index in [-0.39, 0.29) is 5.91 Å². The molecule has 0 aliphatic rings. The molecule has 4 heteroatoms. The van der Waals surface area contributed by atoms with Crippen molar-refractivity contribution in [3.63, 3.8) is 0 Å². The molecule has 0 spiro atoms. The van der Waals surface area contributed by atoms with Gasteiger partial charge in [0.05, 0.1) is 0 Å². The Kier molecular flexibility index (Phi) is 4.58. The Morgan fingerprint density at radius 3 is 2.84 bits per heavy atom. The normalized spacial score (nSPS) is 11.1. The van der Waals surface area contributed by atoms with Gasteiger partial charge in [0.1, 0.15) is 6.54 Å². The van der Waals surface area contributed by atoms with Crippen LogP contribution in [0.5, 0.6) is 0 Å². The summed E-state index contributed by atoms with van der Waals surface area (Å²) in [5, 5.41) is 4.12. The van der Waals surface area contributed by atoms with Gasteiger partial charge in [-0.3, -0.25) is 4.79 Å². The molecule has 0 saturated heterocycles. The number of carbonyl (C=O) groups excluding carboxylic acids is 1. The zero-order chi connectivity index (χ0) is 13.7. The fourth-order valence-electron chi connectivity index (χ4n) is 2.11. The van der Waals surface area contributed by atoms with Crippen molar-refractivity contribution in [3.05, 3.63) is 36.5 Å². The number of aromatic nitrogens is 1. The summed E-state index contributed by atoms with van der Waals surface area (Å²) in [6.45, 7) is 2.11. The van der Waals surface area contributed by atoms with E-state index < -0.39 is 0 Å². The molecule has 0 bridgehead atoms. The van der Waals surface area contributed by atoms with Gasteiger partial charge < -0.3 is 14.8 Å². The highest BCUT2D eigenvalue weighted by Crippen LogP contribution is 2.14. The number of fused-ring (bicyclic) bond motifs is 1. The van der Waals surface area contributed by atoms with Gasteiger partial charge in [0.2, 0.25) is 5.91 Å². The third-order valence-corrected chi connectivity index (χ3v) is 3.10. The summed E-state index contributed by atoms with van der Waals surface area (Å²) in [5.74, 6) is 0.0695. The molecule has 2 aromatic rings. The fourth-order valence-corrected chi connectivity index (χ4v) is 2.11. The molecule has 0 radical (unpaired) electrons. The Bertz CT molecular complexity index is 545. The van der Waals surface area contributed by atoms with E-state index in [1.54, 1.807) is 0 Å². The van der Waals surface area contributed by atoms with E-state index in [9.17, 15) is 4.79 Å². The number of hydrogen-bond acceptors (Lipinski definition) is 2. The third kappa shape index (κ3) is 3.83. The molecule has 19 heavy (non-hydrogen) atoms. The van der Waals surface area contributed by atoms with Gasteiger partial charge in [-0.2, -0.15) is 0 Å². The van der Waals surface area contributed by atoms with Gasteiger partial charge in [-0.1, -0.05) is 18.2 Å². The Morgan fingerprint density at radius 1 is 1.26 bits per heavy atom. The van der Waals surface area contributed by atoms with Crippen LogP contribution in [0, 0.1) is 0 Å². The van der Waals surface area contributed by atoms with Crippen LogP contribution < -0.4 is 5.32 Å². The third-order valence-electron chi connectivity index (χ3n) is 3.10. The van der Waals surface area contributed by atoms with Crippen molar-refractivity contribution >= 4 is 16.8 Å². The molecule has 0 unspecified atom stereocenters. The van der Waals surface area contributed by atoms with Crippen molar-refractivity contribution in [1.82, 2.24) is 14.8 Å². The van der Waals surface area contributed by atoms with E-state index in [0.29, 0.717) is 6.54 Å². The Morgan fingerprint density at radius 2 is 2.05 bits per heavy atom. The molecular weight excluding hydrogens is 238 g/mol.